The number of pyridine rings is 1. The van der Waals surface area contributed by atoms with E-state index < -0.39 is 21.8 Å². The number of halogens is 3. The Morgan fingerprint density at radius 3 is 2.58 bits per heavy atom. The predicted octanol–water partition coefficient (Wildman–Crippen LogP) is 5.31. The van der Waals surface area contributed by atoms with Crippen molar-refractivity contribution in [2.24, 2.45) is 29.6 Å². The number of rotatable bonds is 5. The van der Waals surface area contributed by atoms with Crippen molar-refractivity contribution in [2.75, 3.05) is 6.26 Å². The largest absolute Gasteiger partial charge is 0.462 e. The highest BCUT2D eigenvalue weighted by atomic mass is 32.2. The van der Waals surface area contributed by atoms with Crippen LogP contribution in [0.2, 0.25) is 0 Å². The molecule has 2 heterocycles. The average Bonchev–Trinajstić information content (AvgIpc) is 3.13. The fourth-order valence-corrected chi connectivity index (χ4v) is 7.60. The quantitative estimate of drug-likeness (QED) is 0.512. The minimum Gasteiger partial charge on any atom is -0.462 e. The molecule has 0 radical (unpaired) electrons. The second kappa shape index (κ2) is 10.1. The van der Waals surface area contributed by atoms with Gasteiger partial charge >= 0.3 is 12.1 Å². The molecule has 2 aromatic rings. The van der Waals surface area contributed by atoms with Gasteiger partial charge in [0.25, 0.3) is 0 Å². The Bertz CT molecular complexity index is 1330. The highest BCUT2D eigenvalue weighted by molar-refractivity contribution is 7.88. The van der Waals surface area contributed by atoms with Crippen LogP contribution in [0.15, 0.2) is 48.7 Å². The van der Waals surface area contributed by atoms with Gasteiger partial charge in [-0.15, -0.1) is 0 Å². The summed E-state index contributed by atoms with van der Waals surface area (Å²) in [6.07, 6.45) is 5.11. The van der Waals surface area contributed by atoms with E-state index in [0.717, 1.165) is 25.0 Å². The Labute approximate surface area is 220 Å². The first-order valence-corrected chi connectivity index (χ1v) is 14.8. The van der Waals surface area contributed by atoms with Crippen LogP contribution in [0.25, 0.3) is 17.2 Å². The first-order valence-electron chi connectivity index (χ1n) is 12.9. The lowest BCUT2D eigenvalue weighted by atomic mass is 9.57. The number of esters is 1. The van der Waals surface area contributed by atoms with E-state index in [4.69, 9.17) is 4.74 Å². The predicted molar refractivity (Wildman–Crippen MR) is 137 cm³/mol. The van der Waals surface area contributed by atoms with Crippen LogP contribution in [0, 0.1) is 29.6 Å². The number of allylic oxidation sites excluding steroid dienone is 1. The zero-order valence-corrected chi connectivity index (χ0v) is 22.0. The van der Waals surface area contributed by atoms with E-state index in [2.05, 4.69) is 15.8 Å². The number of carbonyl (C=O) groups is 1. The van der Waals surface area contributed by atoms with Crippen molar-refractivity contribution < 1.29 is 31.1 Å². The molecule has 1 unspecified atom stereocenters. The summed E-state index contributed by atoms with van der Waals surface area (Å²) in [5.41, 5.74) is 0.996. The van der Waals surface area contributed by atoms with E-state index in [0.29, 0.717) is 35.6 Å². The molecule has 1 saturated heterocycles. The Morgan fingerprint density at radius 2 is 1.89 bits per heavy atom. The van der Waals surface area contributed by atoms with E-state index in [9.17, 15) is 26.4 Å². The van der Waals surface area contributed by atoms with Gasteiger partial charge in [-0.05, 0) is 80.2 Å². The molecule has 0 amide bonds. The summed E-state index contributed by atoms with van der Waals surface area (Å²) < 4.78 is 71.2. The maximum atomic E-state index is 13.1. The first kappa shape index (κ1) is 26.9. The van der Waals surface area contributed by atoms with Crippen molar-refractivity contribution in [3.8, 4) is 11.1 Å². The summed E-state index contributed by atoms with van der Waals surface area (Å²) >= 11 is 0. The van der Waals surface area contributed by atoms with Gasteiger partial charge in [0.2, 0.25) is 10.0 Å². The third-order valence-corrected chi connectivity index (χ3v) is 9.09. The number of nitrogens with zero attached hydrogens (tertiary/aromatic N) is 1. The number of carbonyl (C=O) groups excluding carboxylic acids is 1. The number of hydrogen-bond donors (Lipinski definition) is 1. The Balaban J connectivity index is 1.36. The molecule has 1 aromatic heterocycles. The van der Waals surface area contributed by atoms with Crippen molar-refractivity contribution in [2.45, 2.75) is 50.9 Å². The van der Waals surface area contributed by atoms with Gasteiger partial charge in [-0.1, -0.05) is 24.3 Å². The second-order valence-electron chi connectivity index (χ2n) is 10.9. The molecular formula is C28H31F3N2O4S. The average molecular weight is 549 g/mol. The topological polar surface area (TPSA) is 85.4 Å². The molecular weight excluding hydrogens is 517 g/mol. The van der Waals surface area contributed by atoms with Gasteiger partial charge in [0, 0.05) is 23.7 Å². The lowest BCUT2D eigenvalue weighted by Crippen LogP contribution is -2.48. The lowest BCUT2D eigenvalue weighted by Gasteiger charge is -2.47. The molecule has 7 atom stereocenters. The SMILES string of the molecule is C[C@H]1OC(=O)[C@@H]2C[C@@H]3C[C@H](NS(C)(=O)=O)CC[C@H]3C(/C=C/c3ccc(-c4cccc(C(F)(F)F)c4)cn3)[C@H]12. The first-order chi connectivity index (χ1) is 17.9. The van der Waals surface area contributed by atoms with E-state index in [1.54, 1.807) is 24.4 Å². The minimum atomic E-state index is -4.41. The van der Waals surface area contributed by atoms with Gasteiger partial charge in [-0.2, -0.15) is 13.2 Å². The Hall–Kier alpha value is -2.72. The van der Waals surface area contributed by atoms with Crippen molar-refractivity contribution in [3.63, 3.8) is 0 Å². The molecule has 0 spiro atoms. The standard InChI is InChI=1S/C28H31F3N2O4S/c1-16-26-24(23-10-9-22(33-38(2,35)36)13-19(23)14-25(26)27(34)37-16)11-8-21-7-6-18(15-32-21)17-4-3-5-20(12-17)28(29,30)31/h3-8,11-12,15-16,19,22-26,33H,9-10,13-14H2,1-2H3/b11-8+/t16-,19+,22-,23-,24?,25-,26+/m1/s1. The highest BCUT2D eigenvalue weighted by Crippen LogP contribution is 2.53. The minimum absolute atomic E-state index is 0.0452. The fraction of sp³-hybridized carbons (Fsp3) is 0.500. The fourth-order valence-electron chi connectivity index (χ4n) is 6.79. The van der Waals surface area contributed by atoms with Crippen molar-refractivity contribution in [1.82, 2.24) is 9.71 Å². The van der Waals surface area contributed by atoms with Gasteiger partial charge in [-0.3, -0.25) is 9.78 Å². The zero-order valence-electron chi connectivity index (χ0n) is 21.2. The third kappa shape index (κ3) is 5.66. The number of alkyl halides is 3. The molecule has 5 rings (SSSR count). The van der Waals surface area contributed by atoms with Gasteiger partial charge in [-0.25, -0.2) is 13.1 Å². The van der Waals surface area contributed by atoms with Crippen molar-refractivity contribution >= 4 is 22.1 Å². The van der Waals surface area contributed by atoms with Crippen LogP contribution in [0.3, 0.4) is 0 Å². The summed E-state index contributed by atoms with van der Waals surface area (Å²) in [7, 11) is -3.31. The Morgan fingerprint density at radius 1 is 1.11 bits per heavy atom. The monoisotopic (exact) mass is 548 g/mol. The van der Waals surface area contributed by atoms with Crippen LogP contribution in [-0.4, -0.2) is 37.8 Å². The van der Waals surface area contributed by atoms with Crippen LogP contribution in [0.1, 0.15) is 43.9 Å². The van der Waals surface area contributed by atoms with Crippen LogP contribution >= 0.6 is 0 Å². The molecule has 1 aliphatic heterocycles. The molecule has 10 heteroatoms. The molecule has 38 heavy (non-hydrogen) atoms. The number of benzene rings is 1. The van der Waals surface area contributed by atoms with Gasteiger partial charge in [0.15, 0.2) is 0 Å². The van der Waals surface area contributed by atoms with Crippen molar-refractivity contribution in [1.29, 1.82) is 0 Å². The van der Waals surface area contributed by atoms with Gasteiger partial charge in [0.1, 0.15) is 6.10 Å². The van der Waals surface area contributed by atoms with Crippen LogP contribution in [-0.2, 0) is 25.7 Å². The number of fused-ring (bicyclic) bond motifs is 2. The van der Waals surface area contributed by atoms with Gasteiger partial charge in [0.05, 0.1) is 23.4 Å². The smallest absolute Gasteiger partial charge is 0.416 e. The molecule has 204 valence electrons. The number of hydrogen-bond acceptors (Lipinski definition) is 5. The molecule has 3 fully saturated rings. The summed E-state index contributed by atoms with van der Waals surface area (Å²) in [5, 5.41) is 0. The summed E-state index contributed by atoms with van der Waals surface area (Å²) in [4.78, 5) is 17.1. The molecule has 1 aromatic carbocycles. The molecule has 1 N–H and O–H groups in total. The van der Waals surface area contributed by atoms with E-state index in [1.165, 1.54) is 12.3 Å². The normalized spacial score (nSPS) is 31.6. The Kier molecular flexibility index (Phi) is 7.15. The number of ether oxygens (including phenoxy) is 1. The summed E-state index contributed by atoms with van der Waals surface area (Å²) in [5.74, 6) is 0.225. The number of aromatic nitrogens is 1. The second-order valence-corrected chi connectivity index (χ2v) is 12.7. The highest BCUT2D eigenvalue weighted by Gasteiger charge is 2.54. The maximum Gasteiger partial charge on any atom is 0.416 e. The van der Waals surface area contributed by atoms with Gasteiger partial charge < -0.3 is 4.74 Å². The molecule has 3 aliphatic rings. The van der Waals surface area contributed by atoms with E-state index in [1.807, 2.05) is 13.0 Å². The summed E-state index contributed by atoms with van der Waals surface area (Å²) in [6.45, 7) is 1.93. The molecule has 6 nitrogen and oxygen atoms in total. The maximum absolute atomic E-state index is 13.1. The lowest BCUT2D eigenvalue weighted by molar-refractivity contribution is -0.144. The van der Waals surface area contributed by atoms with Crippen LogP contribution in [0.4, 0.5) is 13.2 Å². The number of sulfonamides is 1. The molecule has 0 bridgehead atoms. The summed E-state index contributed by atoms with van der Waals surface area (Å²) in [6, 6.07) is 8.56. The number of nitrogens with one attached hydrogen (secondary N) is 1. The number of cyclic esters (lactones) is 1. The zero-order chi connectivity index (χ0) is 27.2. The van der Waals surface area contributed by atoms with E-state index >= 15 is 0 Å². The third-order valence-electron chi connectivity index (χ3n) is 8.33. The molecule has 2 aliphatic carbocycles. The van der Waals surface area contributed by atoms with E-state index in [-0.39, 0.29) is 41.8 Å². The van der Waals surface area contributed by atoms with Crippen LogP contribution < -0.4 is 4.72 Å². The van der Waals surface area contributed by atoms with Crippen molar-refractivity contribution in [3.05, 3.63) is 59.9 Å². The molecule has 2 saturated carbocycles. The van der Waals surface area contributed by atoms with Crippen LogP contribution in [0.5, 0.6) is 0 Å².